The molecular formula is C14H11F4NO. The van der Waals surface area contributed by atoms with Crippen LogP contribution in [0.1, 0.15) is 5.56 Å². The van der Waals surface area contributed by atoms with Crippen molar-refractivity contribution in [2.75, 3.05) is 12.3 Å². The summed E-state index contributed by atoms with van der Waals surface area (Å²) in [4.78, 5) is 0. The Balaban J connectivity index is 2.06. The SMILES string of the molecule is Nc1ccc(CCOc2c(F)c(F)cc(F)c2F)cc1. The van der Waals surface area contributed by atoms with Crippen molar-refractivity contribution in [1.82, 2.24) is 0 Å². The summed E-state index contributed by atoms with van der Waals surface area (Å²) in [5, 5.41) is 0. The van der Waals surface area contributed by atoms with Crippen LogP contribution >= 0.6 is 0 Å². The monoisotopic (exact) mass is 285 g/mol. The van der Waals surface area contributed by atoms with Gasteiger partial charge in [-0.15, -0.1) is 0 Å². The largest absolute Gasteiger partial charge is 0.487 e. The van der Waals surface area contributed by atoms with Gasteiger partial charge in [0.15, 0.2) is 17.4 Å². The van der Waals surface area contributed by atoms with E-state index in [-0.39, 0.29) is 12.7 Å². The van der Waals surface area contributed by atoms with E-state index in [0.29, 0.717) is 12.1 Å². The van der Waals surface area contributed by atoms with E-state index in [0.717, 1.165) is 5.56 Å². The number of halogens is 4. The van der Waals surface area contributed by atoms with Gasteiger partial charge in [-0.2, -0.15) is 8.78 Å². The molecule has 0 aromatic heterocycles. The number of hydrogen-bond acceptors (Lipinski definition) is 2. The van der Waals surface area contributed by atoms with Crippen molar-refractivity contribution in [2.24, 2.45) is 0 Å². The highest BCUT2D eigenvalue weighted by molar-refractivity contribution is 5.39. The predicted octanol–water partition coefficient (Wildman–Crippen LogP) is 3.45. The van der Waals surface area contributed by atoms with Gasteiger partial charge < -0.3 is 10.5 Å². The number of anilines is 1. The zero-order chi connectivity index (χ0) is 14.7. The Morgan fingerprint density at radius 1 is 0.900 bits per heavy atom. The fourth-order valence-electron chi connectivity index (χ4n) is 1.63. The second-order valence-electron chi connectivity index (χ2n) is 4.14. The lowest BCUT2D eigenvalue weighted by molar-refractivity contribution is 0.274. The van der Waals surface area contributed by atoms with E-state index in [1.165, 1.54) is 0 Å². The van der Waals surface area contributed by atoms with E-state index in [1.807, 2.05) is 0 Å². The van der Waals surface area contributed by atoms with E-state index in [4.69, 9.17) is 10.5 Å². The van der Waals surface area contributed by atoms with E-state index in [2.05, 4.69) is 0 Å². The maximum Gasteiger partial charge on any atom is 0.203 e. The predicted molar refractivity (Wildman–Crippen MR) is 66.3 cm³/mol. The van der Waals surface area contributed by atoms with Crippen molar-refractivity contribution in [3.8, 4) is 5.75 Å². The van der Waals surface area contributed by atoms with E-state index < -0.39 is 29.0 Å². The second-order valence-corrected chi connectivity index (χ2v) is 4.14. The van der Waals surface area contributed by atoms with Gasteiger partial charge in [0, 0.05) is 18.2 Å². The van der Waals surface area contributed by atoms with E-state index >= 15 is 0 Å². The molecule has 2 aromatic carbocycles. The lowest BCUT2D eigenvalue weighted by Crippen LogP contribution is -2.07. The molecule has 106 valence electrons. The third kappa shape index (κ3) is 3.01. The van der Waals surface area contributed by atoms with Gasteiger partial charge in [0.2, 0.25) is 11.6 Å². The first-order valence-corrected chi connectivity index (χ1v) is 5.79. The molecule has 0 saturated heterocycles. The van der Waals surface area contributed by atoms with Gasteiger partial charge >= 0.3 is 0 Å². The Hall–Kier alpha value is -2.24. The molecule has 0 radical (unpaired) electrons. The van der Waals surface area contributed by atoms with Crippen LogP contribution < -0.4 is 10.5 Å². The van der Waals surface area contributed by atoms with Crippen LogP contribution in [0.3, 0.4) is 0 Å². The van der Waals surface area contributed by atoms with Crippen LogP contribution in [0.5, 0.6) is 5.75 Å². The molecule has 0 unspecified atom stereocenters. The summed E-state index contributed by atoms with van der Waals surface area (Å²) >= 11 is 0. The molecule has 0 amide bonds. The third-order valence-corrected chi connectivity index (χ3v) is 2.69. The topological polar surface area (TPSA) is 35.2 Å². The molecule has 0 heterocycles. The standard InChI is InChI=1S/C14H11F4NO/c15-10-7-11(16)13(18)14(12(10)17)20-6-5-8-1-3-9(19)4-2-8/h1-4,7H,5-6,19H2. The first-order chi connectivity index (χ1) is 9.49. The Kier molecular flexibility index (Phi) is 4.12. The zero-order valence-electron chi connectivity index (χ0n) is 10.3. The summed E-state index contributed by atoms with van der Waals surface area (Å²) in [6, 6.07) is 6.91. The number of nitrogens with two attached hydrogens (primary N) is 1. The molecule has 2 nitrogen and oxygen atoms in total. The van der Waals surface area contributed by atoms with Crippen molar-refractivity contribution in [3.63, 3.8) is 0 Å². The highest BCUT2D eigenvalue weighted by Gasteiger charge is 2.20. The van der Waals surface area contributed by atoms with E-state index in [9.17, 15) is 17.6 Å². The summed E-state index contributed by atoms with van der Waals surface area (Å²) in [5.74, 6) is -7.11. The Labute approximate surface area is 112 Å². The third-order valence-electron chi connectivity index (χ3n) is 2.69. The van der Waals surface area contributed by atoms with Gasteiger partial charge in [-0.25, -0.2) is 8.78 Å². The molecule has 0 aliphatic rings. The maximum atomic E-state index is 13.3. The quantitative estimate of drug-likeness (QED) is 0.530. The molecule has 0 saturated carbocycles. The van der Waals surface area contributed by atoms with Crippen molar-refractivity contribution in [1.29, 1.82) is 0 Å². The smallest absolute Gasteiger partial charge is 0.203 e. The average Bonchev–Trinajstić information content (AvgIpc) is 2.42. The van der Waals surface area contributed by atoms with Gasteiger partial charge in [-0.05, 0) is 17.7 Å². The number of benzene rings is 2. The number of hydrogen-bond donors (Lipinski definition) is 1. The fraction of sp³-hybridized carbons (Fsp3) is 0.143. The normalized spacial score (nSPS) is 10.6. The van der Waals surface area contributed by atoms with Crippen LogP contribution in [-0.4, -0.2) is 6.61 Å². The molecule has 20 heavy (non-hydrogen) atoms. The molecule has 2 rings (SSSR count). The van der Waals surface area contributed by atoms with Crippen molar-refractivity contribution >= 4 is 5.69 Å². The van der Waals surface area contributed by atoms with Crippen LogP contribution in [0.2, 0.25) is 0 Å². The molecule has 0 fully saturated rings. The van der Waals surface area contributed by atoms with Crippen LogP contribution in [0.4, 0.5) is 23.2 Å². The summed E-state index contributed by atoms with van der Waals surface area (Å²) in [7, 11) is 0. The summed E-state index contributed by atoms with van der Waals surface area (Å²) in [5.41, 5.74) is 6.90. The minimum atomic E-state index is -1.54. The summed E-state index contributed by atoms with van der Waals surface area (Å²) < 4.78 is 57.3. The number of ether oxygens (including phenoxy) is 1. The van der Waals surface area contributed by atoms with Crippen LogP contribution in [-0.2, 0) is 6.42 Å². The van der Waals surface area contributed by atoms with Crippen molar-refractivity contribution in [2.45, 2.75) is 6.42 Å². The summed E-state index contributed by atoms with van der Waals surface area (Å²) in [6.45, 7) is -0.124. The highest BCUT2D eigenvalue weighted by Crippen LogP contribution is 2.26. The van der Waals surface area contributed by atoms with Gasteiger partial charge in [0.1, 0.15) is 0 Å². The lowest BCUT2D eigenvalue weighted by Gasteiger charge is -2.09. The number of rotatable bonds is 4. The van der Waals surface area contributed by atoms with Gasteiger partial charge in [0.05, 0.1) is 6.61 Å². The maximum absolute atomic E-state index is 13.3. The molecule has 0 aliphatic heterocycles. The van der Waals surface area contributed by atoms with Crippen molar-refractivity contribution < 1.29 is 22.3 Å². The summed E-state index contributed by atoms with van der Waals surface area (Å²) in [6.07, 6.45) is 0.317. The van der Waals surface area contributed by atoms with Gasteiger partial charge in [-0.3, -0.25) is 0 Å². The molecule has 0 atom stereocenters. The Morgan fingerprint density at radius 3 is 2.00 bits per heavy atom. The van der Waals surface area contributed by atoms with Crippen molar-refractivity contribution in [3.05, 3.63) is 59.2 Å². The minimum Gasteiger partial charge on any atom is -0.487 e. The molecule has 2 aromatic rings. The highest BCUT2D eigenvalue weighted by atomic mass is 19.2. The van der Waals surface area contributed by atoms with Crippen LogP contribution in [0, 0.1) is 23.3 Å². The molecule has 0 bridgehead atoms. The first-order valence-electron chi connectivity index (χ1n) is 5.79. The molecule has 0 aliphatic carbocycles. The molecule has 0 spiro atoms. The van der Waals surface area contributed by atoms with Crippen LogP contribution in [0.15, 0.2) is 30.3 Å². The Bertz CT molecular complexity index is 587. The zero-order valence-corrected chi connectivity index (χ0v) is 10.3. The first kappa shape index (κ1) is 14.2. The second kappa shape index (κ2) is 5.81. The fourth-order valence-corrected chi connectivity index (χ4v) is 1.63. The molecule has 2 N–H and O–H groups in total. The van der Waals surface area contributed by atoms with Gasteiger partial charge in [0.25, 0.3) is 0 Å². The van der Waals surface area contributed by atoms with E-state index in [1.54, 1.807) is 24.3 Å². The minimum absolute atomic E-state index is 0.124. The van der Waals surface area contributed by atoms with Crippen LogP contribution in [0.25, 0.3) is 0 Å². The lowest BCUT2D eigenvalue weighted by atomic mass is 10.1. The molecule has 6 heteroatoms. The molecular weight excluding hydrogens is 274 g/mol. The average molecular weight is 285 g/mol. The Morgan fingerprint density at radius 2 is 1.45 bits per heavy atom. The van der Waals surface area contributed by atoms with Gasteiger partial charge in [-0.1, -0.05) is 12.1 Å². The number of nitrogen functional groups attached to an aromatic ring is 1.